The van der Waals surface area contributed by atoms with Gasteiger partial charge in [0.25, 0.3) is 0 Å². The SMILES string of the molecule is C=C(C)[C@@H]1CC[C@]2(CNCCCN3CCS(=O)(=O)CC3)CC[C@]3(C)[C@H](CC[C@@H]4[C@@]5(C)CC=C(C6=CC7(C6)CC(C(=O)OC(C)C)(C(=O)OC(C)C)C7)C(C)(C)[C@@H]5CC[C@]43C)[C@@H]12. The highest BCUT2D eigenvalue weighted by Crippen LogP contribution is 2.78. The minimum Gasteiger partial charge on any atom is -0.462 e. The van der Waals surface area contributed by atoms with Gasteiger partial charge in [-0.15, -0.1) is 0 Å². The van der Waals surface area contributed by atoms with E-state index in [0.29, 0.717) is 77.9 Å². The summed E-state index contributed by atoms with van der Waals surface area (Å²) in [5.41, 5.74) is 4.22. The fraction of sp³-hybridized carbons (Fsp3) is 0.846. The molecule has 1 saturated heterocycles. The van der Waals surface area contributed by atoms with Crippen LogP contribution in [0.15, 0.2) is 35.5 Å². The molecule has 0 aromatic carbocycles. The summed E-state index contributed by atoms with van der Waals surface area (Å²) in [6, 6.07) is 0. The maximum atomic E-state index is 13.4. The van der Waals surface area contributed by atoms with Gasteiger partial charge in [0.1, 0.15) is 0 Å². The fourth-order valence-electron chi connectivity index (χ4n) is 16.8. The molecule has 0 bridgehead atoms. The van der Waals surface area contributed by atoms with Crippen molar-refractivity contribution >= 4 is 21.8 Å². The van der Waals surface area contributed by atoms with Gasteiger partial charge in [-0.2, -0.15) is 0 Å². The Balaban J connectivity index is 0.972. The first-order chi connectivity index (χ1) is 28.5. The summed E-state index contributed by atoms with van der Waals surface area (Å²) < 4.78 is 35.2. The first-order valence-electron chi connectivity index (χ1n) is 24.6. The number of rotatable bonds is 12. The van der Waals surface area contributed by atoms with Crippen LogP contribution in [0.3, 0.4) is 0 Å². The van der Waals surface area contributed by atoms with Gasteiger partial charge in [0.2, 0.25) is 0 Å². The van der Waals surface area contributed by atoms with Crippen molar-refractivity contribution in [2.45, 2.75) is 165 Å². The summed E-state index contributed by atoms with van der Waals surface area (Å²) in [6.45, 7) is 32.0. The highest BCUT2D eigenvalue weighted by molar-refractivity contribution is 7.91. The van der Waals surface area contributed by atoms with Crippen LogP contribution in [0, 0.1) is 67.5 Å². The molecule has 0 aromatic rings. The van der Waals surface area contributed by atoms with Crippen molar-refractivity contribution < 1.29 is 27.5 Å². The van der Waals surface area contributed by atoms with E-state index in [1.165, 1.54) is 68.1 Å². The Labute approximate surface area is 370 Å². The Morgan fingerprint density at radius 3 is 2.11 bits per heavy atom. The second-order valence-corrected chi connectivity index (χ2v) is 26.5. The average molecular weight is 863 g/mol. The molecule has 5 saturated carbocycles. The molecule has 0 amide bonds. The standard InChI is InChI=1S/C52H82N2O6S/c1-34(2)38-15-20-51(33-53-23-12-24-54-25-27-61(57,58)28-26-54)22-21-48(10)40(43(38)51)13-14-42-47(9)18-16-39(46(7,8)41(47)17-19-49(42,48)11)37-29-50(30-37)31-52(32-50,44(55)59-35(3)4)45(56)60-36(5)6/h16,29,35-36,38,40-43,53H,1,12-15,17-28,30-33H2,2-11H3/t38-,40+,41-,42+,43+,47-,48+,49+,51+/m0/s1. The molecule has 8 rings (SSSR count). The van der Waals surface area contributed by atoms with E-state index >= 15 is 0 Å². The van der Waals surface area contributed by atoms with Crippen molar-refractivity contribution in [2.24, 2.45) is 67.5 Å². The third-order valence-electron chi connectivity index (χ3n) is 19.7. The summed E-state index contributed by atoms with van der Waals surface area (Å²) in [5.74, 6) is 3.07. The zero-order valence-electron chi connectivity index (χ0n) is 39.9. The van der Waals surface area contributed by atoms with Gasteiger partial charge in [-0.25, -0.2) is 8.42 Å². The van der Waals surface area contributed by atoms with Crippen molar-refractivity contribution in [1.82, 2.24) is 10.2 Å². The van der Waals surface area contributed by atoms with Gasteiger partial charge in [-0.05, 0) is 204 Å². The minimum absolute atomic E-state index is 0.0447. The predicted molar refractivity (Wildman–Crippen MR) is 244 cm³/mol. The van der Waals surface area contributed by atoms with Crippen molar-refractivity contribution in [1.29, 1.82) is 0 Å². The molecule has 0 radical (unpaired) electrons. The Bertz CT molecular complexity index is 1900. The van der Waals surface area contributed by atoms with Gasteiger partial charge in [-0.1, -0.05) is 58.9 Å². The summed E-state index contributed by atoms with van der Waals surface area (Å²) in [4.78, 5) is 29.1. The fourth-order valence-corrected chi connectivity index (χ4v) is 18.1. The molecule has 1 aliphatic heterocycles. The molecule has 9 atom stereocenters. The molecular formula is C52H82N2O6S. The summed E-state index contributed by atoms with van der Waals surface area (Å²) >= 11 is 0. The molecule has 6 fully saturated rings. The van der Waals surface area contributed by atoms with Gasteiger partial charge >= 0.3 is 11.9 Å². The van der Waals surface area contributed by atoms with Crippen LogP contribution in [-0.4, -0.2) is 81.7 Å². The van der Waals surface area contributed by atoms with Crippen molar-refractivity contribution in [2.75, 3.05) is 44.2 Å². The number of hydrogen-bond acceptors (Lipinski definition) is 8. The van der Waals surface area contributed by atoms with Crippen LogP contribution < -0.4 is 5.32 Å². The zero-order valence-corrected chi connectivity index (χ0v) is 40.7. The van der Waals surface area contributed by atoms with Crippen molar-refractivity contribution in [3.05, 3.63) is 35.5 Å². The number of nitrogens with zero attached hydrogens (tertiary/aromatic N) is 1. The predicted octanol–water partition coefficient (Wildman–Crippen LogP) is 9.89. The molecule has 8 nitrogen and oxygen atoms in total. The molecule has 0 unspecified atom stereocenters. The molecule has 8 aliphatic rings. The van der Waals surface area contributed by atoms with Gasteiger partial charge in [0.15, 0.2) is 15.3 Å². The van der Waals surface area contributed by atoms with Gasteiger partial charge in [0, 0.05) is 19.6 Å². The molecule has 342 valence electrons. The van der Waals surface area contributed by atoms with E-state index in [9.17, 15) is 18.0 Å². The number of carbonyl (C=O) groups excluding carboxylic acids is 2. The molecule has 1 spiro atoms. The molecular weight excluding hydrogens is 781 g/mol. The number of fused-ring (bicyclic) bond motifs is 7. The first kappa shape index (κ1) is 45.6. The molecule has 9 heteroatoms. The van der Waals surface area contributed by atoms with E-state index in [4.69, 9.17) is 9.47 Å². The third kappa shape index (κ3) is 7.29. The van der Waals surface area contributed by atoms with E-state index in [0.717, 1.165) is 38.9 Å². The van der Waals surface area contributed by atoms with E-state index in [2.05, 4.69) is 70.5 Å². The second kappa shape index (κ2) is 15.6. The van der Waals surface area contributed by atoms with Crippen LogP contribution in [0.2, 0.25) is 0 Å². The Kier molecular flexibility index (Phi) is 11.7. The maximum Gasteiger partial charge on any atom is 0.323 e. The monoisotopic (exact) mass is 863 g/mol. The van der Waals surface area contributed by atoms with Crippen LogP contribution >= 0.6 is 0 Å². The summed E-state index contributed by atoms with van der Waals surface area (Å²) in [6.07, 6.45) is 19.0. The third-order valence-corrected chi connectivity index (χ3v) is 21.3. The zero-order chi connectivity index (χ0) is 44.2. The Hall–Kier alpha value is -1.97. The molecule has 0 aromatic heterocycles. The lowest BCUT2D eigenvalue weighted by molar-refractivity contribution is -0.226. The smallest absolute Gasteiger partial charge is 0.323 e. The number of ether oxygens (including phenoxy) is 2. The lowest BCUT2D eigenvalue weighted by atomic mass is 9.32. The highest BCUT2D eigenvalue weighted by atomic mass is 32.2. The topological polar surface area (TPSA) is 102 Å². The number of allylic oxidation sites excluding steroid dienone is 5. The van der Waals surface area contributed by atoms with E-state index in [1.54, 1.807) is 0 Å². The number of nitrogens with one attached hydrogen (secondary N) is 1. The first-order valence-corrected chi connectivity index (χ1v) is 26.4. The highest BCUT2D eigenvalue weighted by Gasteiger charge is 2.71. The number of hydrogen-bond donors (Lipinski definition) is 1. The van der Waals surface area contributed by atoms with Crippen molar-refractivity contribution in [3.8, 4) is 0 Å². The molecule has 61 heavy (non-hydrogen) atoms. The summed E-state index contributed by atoms with van der Waals surface area (Å²) in [5, 5.41) is 3.99. The van der Waals surface area contributed by atoms with Crippen LogP contribution in [0.25, 0.3) is 0 Å². The average Bonchev–Trinajstić information content (AvgIpc) is 3.51. The van der Waals surface area contributed by atoms with E-state index < -0.39 is 27.2 Å². The Morgan fingerprint density at radius 1 is 0.869 bits per heavy atom. The van der Waals surface area contributed by atoms with Crippen LogP contribution in [-0.2, 0) is 28.9 Å². The van der Waals surface area contributed by atoms with E-state index in [-0.39, 0.29) is 33.9 Å². The number of carbonyl (C=O) groups is 2. The van der Waals surface area contributed by atoms with Gasteiger partial charge in [0.05, 0.1) is 23.7 Å². The molecule has 1 heterocycles. The largest absolute Gasteiger partial charge is 0.462 e. The molecule has 7 aliphatic carbocycles. The quantitative estimate of drug-likeness (QED) is 0.0896. The normalized spacial score (nSPS) is 40.3. The van der Waals surface area contributed by atoms with Crippen LogP contribution in [0.4, 0.5) is 0 Å². The second-order valence-electron chi connectivity index (χ2n) is 24.2. The maximum absolute atomic E-state index is 13.4. The lowest BCUT2D eigenvalue weighted by Gasteiger charge is -2.72. The summed E-state index contributed by atoms with van der Waals surface area (Å²) in [7, 11) is -2.84. The van der Waals surface area contributed by atoms with Gasteiger partial charge in [-0.3, -0.25) is 9.59 Å². The van der Waals surface area contributed by atoms with Crippen LogP contribution in [0.1, 0.15) is 153 Å². The molecule has 1 N–H and O–H groups in total. The van der Waals surface area contributed by atoms with E-state index in [1.807, 2.05) is 27.7 Å². The Morgan fingerprint density at radius 2 is 1.51 bits per heavy atom. The minimum atomic E-state index is -2.84. The van der Waals surface area contributed by atoms with Crippen molar-refractivity contribution in [3.63, 3.8) is 0 Å². The van der Waals surface area contributed by atoms with Crippen LogP contribution in [0.5, 0.6) is 0 Å². The lowest BCUT2D eigenvalue weighted by Crippen LogP contribution is -2.66. The number of sulfone groups is 1. The van der Waals surface area contributed by atoms with Gasteiger partial charge < -0.3 is 19.7 Å². The number of esters is 2.